The Balaban J connectivity index is 1.08. The van der Waals surface area contributed by atoms with Gasteiger partial charge in [-0.05, 0) is 69.5 Å². The van der Waals surface area contributed by atoms with Crippen molar-refractivity contribution in [2.75, 3.05) is 52.5 Å². The molecule has 4 fully saturated rings. The highest BCUT2D eigenvalue weighted by atomic mass is 16.5. The van der Waals surface area contributed by atoms with E-state index >= 15 is 0 Å². The largest absolute Gasteiger partial charge is 0.381 e. The quantitative estimate of drug-likeness (QED) is 0.687. The normalized spacial score (nSPS) is 25.2. The molecule has 0 saturated carbocycles. The van der Waals surface area contributed by atoms with Crippen molar-refractivity contribution < 1.29 is 14.3 Å². The lowest BCUT2D eigenvalue weighted by atomic mass is 9.76. The van der Waals surface area contributed by atoms with Gasteiger partial charge in [0.1, 0.15) is 0 Å². The molecule has 6 nitrogen and oxygen atoms in total. The summed E-state index contributed by atoms with van der Waals surface area (Å²) in [6.07, 6.45) is 6.90. The molecule has 180 valence electrons. The van der Waals surface area contributed by atoms with Crippen molar-refractivity contribution in [2.45, 2.75) is 51.5 Å². The molecule has 4 aliphatic rings. The number of benzene rings is 1. The molecule has 0 unspecified atom stereocenters. The van der Waals surface area contributed by atoms with Crippen molar-refractivity contribution in [2.24, 2.45) is 17.3 Å². The summed E-state index contributed by atoms with van der Waals surface area (Å²) in [6.45, 7) is 8.09. The number of likely N-dealkylation sites (tertiary alicyclic amines) is 3. The Morgan fingerprint density at radius 2 is 1.58 bits per heavy atom. The van der Waals surface area contributed by atoms with Crippen LogP contribution in [0.4, 0.5) is 0 Å². The first-order valence-corrected chi connectivity index (χ1v) is 13.1. The minimum absolute atomic E-state index is 0.166. The fourth-order valence-corrected chi connectivity index (χ4v) is 6.38. The summed E-state index contributed by atoms with van der Waals surface area (Å²) in [5.41, 5.74) is 0.956. The maximum atomic E-state index is 13.3. The lowest BCUT2D eigenvalue weighted by molar-refractivity contribution is -0.145. The van der Waals surface area contributed by atoms with Crippen LogP contribution >= 0.6 is 0 Å². The van der Waals surface area contributed by atoms with Gasteiger partial charge in [0.2, 0.25) is 11.8 Å². The smallest absolute Gasteiger partial charge is 0.229 e. The molecular formula is C27H39N3O3. The van der Waals surface area contributed by atoms with E-state index in [-0.39, 0.29) is 11.3 Å². The molecule has 5 rings (SSSR count). The van der Waals surface area contributed by atoms with E-state index < -0.39 is 0 Å². The molecule has 1 aromatic rings. The highest BCUT2D eigenvalue weighted by Crippen LogP contribution is 2.42. The summed E-state index contributed by atoms with van der Waals surface area (Å²) < 4.78 is 5.49. The molecular weight excluding hydrogens is 414 g/mol. The van der Waals surface area contributed by atoms with Gasteiger partial charge in [-0.15, -0.1) is 0 Å². The Labute approximate surface area is 198 Å². The third-order valence-corrected chi connectivity index (χ3v) is 8.64. The molecule has 33 heavy (non-hydrogen) atoms. The third-order valence-electron chi connectivity index (χ3n) is 8.64. The van der Waals surface area contributed by atoms with Crippen molar-refractivity contribution >= 4 is 11.8 Å². The molecule has 4 saturated heterocycles. The Bertz CT molecular complexity index is 807. The van der Waals surface area contributed by atoms with E-state index in [0.29, 0.717) is 18.4 Å². The molecule has 4 aliphatic heterocycles. The molecule has 0 atom stereocenters. The van der Waals surface area contributed by atoms with Crippen LogP contribution < -0.4 is 0 Å². The van der Waals surface area contributed by atoms with Crippen LogP contribution in [0, 0.1) is 17.3 Å². The minimum atomic E-state index is -0.237. The van der Waals surface area contributed by atoms with E-state index in [1.807, 2.05) is 23.1 Å². The summed E-state index contributed by atoms with van der Waals surface area (Å²) in [5, 5.41) is 0. The molecule has 4 heterocycles. The van der Waals surface area contributed by atoms with E-state index in [4.69, 9.17) is 4.74 Å². The standard InChI is InChI=1S/C27H39N3O3/c31-25(24-6-13-28(14-7-24)20-23-8-18-33-19-9-23)29-15-10-27(11-16-29)12-17-30(26(27)32)21-22-4-2-1-3-5-22/h1-5,23-24H,6-21H2. The first-order valence-electron chi connectivity index (χ1n) is 13.1. The van der Waals surface area contributed by atoms with Crippen LogP contribution in [-0.2, 0) is 20.9 Å². The van der Waals surface area contributed by atoms with Gasteiger partial charge in [-0.3, -0.25) is 9.59 Å². The molecule has 0 N–H and O–H groups in total. The van der Waals surface area contributed by atoms with Gasteiger partial charge in [0.25, 0.3) is 0 Å². The number of piperidine rings is 2. The topological polar surface area (TPSA) is 53.1 Å². The van der Waals surface area contributed by atoms with Crippen molar-refractivity contribution in [3.63, 3.8) is 0 Å². The second-order valence-corrected chi connectivity index (χ2v) is 10.7. The lowest BCUT2D eigenvalue weighted by Crippen LogP contribution is -2.49. The fourth-order valence-electron chi connectivity index (χ4n) is 6.38. The summed E-state index contributed by atoms with van der Waals surface area (Å²) in [5.74, 6) is 1.57. The Kier molecular flexibility index (Phi) is 7.02. The molecule has 0 aromatic heterocycles. The number of rotatable bonds is 5. The van der Waals surface area contributed by atoms with Gasteiger partial charge in [0, 0.05) is 51.9 Å². The highest BCUT2D eigenvalue weighted by Gasteiger charge is 2.48. The van der Waals surface area contributed by atoms with Crippen LogP contribution in [0.25, 0.3) is 0 Å². The first-order chi connectivity index (χ1) is 16.1. The predicted molar refractivity (Wildman–Crippen MR) is 127 cm³/mol. The third kappa shape index (κ3) is 5.12. The Morgan fingerprint density at radius 3 is 2.27 bits per heavy atom. The molecule has 1 spiro atoms. The van der Waals surface area contributed by atoms with Crippen LogP contribution in [-0.4, -0.2) is 79.0 Å². The van der Waals surface area contributed by atoms with Gasteiger partial charge in [-0.25, -0.2) is 0 Å². The Hall–Kier alpha value is -1.92. The summed E-state index contributed by atoms with van der Waals surface area (Å²) in [4.78, 5) is 33.2. The molecule has 6 heteroatoms. The lowest BCUT2D eigenvalue weighted by Gasteiger charge is -2.41. The van der Waals surface area contributed by atoms with E-state index in [1.165, 1.54) is 18.4 Å². The average Bonchev–Trinajstić information content (AvgIpc) is 3.15. The highest BCUT2D eigenvalue weighted by molar-refractivity contribution is 5.85. The molecule has 0 bridgehead atoms. The van der Waals surface area contributed by atoms with Crippen molar-refractivity contribution in [1.82, 2.24) is 14.7 Å². The number of carbonyl (C=O) groups excluding carboxylic acids is 2. The number of hydrogen-bond acceptors (Lipinski definition) is 4. The fraction of sp³-hybridized carbons (Fsp3) is 0.704. The number of carbonyl (C=O) groups is 2. The zero-order valence-electron chi connectivity index (χ0n) is 19.9. The van der Waals surface area contributed by atoms with E-state index in [2.05, 4.69) is 21.9 Å². The summed E-state index contributed by atoms with van der Waals surface area (Å²) >= 11 is 0. The van der Waals surface area contributed by atoms with Crippen LogP contribution in [0.2, 0.25) is 0 Å². The van der Waals surface area contributed by atoms with Gasteiger partial charge >= 0.3 is 0 Å². The number of hydrogen-bond donors (Lipinski definition) is 0. The van der Waals surface area contributed by atoms with Gasteiger partial charge in [-0.1, -0.05) is 30.3 Å². The zero-order valence-corrected chi connectivity index (χ0v) is 19.9. The molecule has 2 amide bonds. The minimum Gasteiger partial charge on any atom is -0.381 e. The van der Waals surface area contributed by atoms with Gasteiger partial charge in [-0.2, -0.15) is 0 Å². The van der Waals surface area contributed by atoms with Crippen LogP contribution in [0.5, 0.6) is 0 Å². The predicted octanol–water partition coefficient (Wildman–Crippen LogP) is 3.17. The summed E-state index contributed by atoms with van der Waals surface area (Å²) in [7, 11) is 0. The number of ether oxygens (including phenoxy) is 1. The first kappa shape index (κ1) is 22.9. The zero-order chi connectivity index (χ0) is 22.7. The summed E-state index contributed by atoms with van der Waals surface area (Å²) in [6, 6.07) is 10.3. The van der Waals surface area contributed by atoms with Crippen LogP contribution in [0.3, 0.4) is 0 Å². The number of amides is 2. The maximum Gasteiger partial charge on any atom is 0.229 e. The second-order valence-electron chi connectivity index (χ2n) is 10.7. The van der Waals surface area contributed by atoms with Crippen LogP contribution in [0.15, 0.2) is 30.3 Å². The van der Waals surface area contributed by atoms with Gasteiger partial charge in [0.15, 0.2) is 0 Å². The molecule has 1 aromatic carbocycles. The maximum absolute atomic E-state index is 13.3. The van der Waals surface area contributed by atoms with Crippen molar-refractivity contribution in [3.05, 3.63) is 35.9 Å². The molecule has 0 aliphatic carbocycles. The Morgan fingerprint density at radius 1 is 0.909 bits per heavy atom. The van der Waals surface area contributed by atoms with Crippen molar-refractivity contribution in [1.29, 1.82) is 0 Å². The monoisotopic (exact) mass is 453 g/mol. The van der Waals surface area contributed by atoms with E-state index in [1.54, 1.807) is 0 Å². The molecule has 0 radical (unpaired) electrons. The van der Waals surface area contributed by atoms with Gasteiger partial charge < -0.3 is 19.4 Å². The second kappa shape index (κ2) is 10.1. The van der Waals surface area contributed by atoms with E-state index in [0.717, 1.165) is 90.5 Å². The van der Waals surface area contributed by atoms with E-state index in [9.17, 15) is 9.59 Å². The van der Waals surface area contributed by atoms with Crippen LogP contribution in [0.1, 0.15) is 50.5 Å². The van der Waals surface area contributed by atoms with Gasteiger partial charge in [0.05, 0.1) is 5.41 Å². The number of nitrogens with zero attached hydrogens (tertiary/aromatic N) is 3. The SMILES string of the molecule is O=C(C1CCN(CC2CCOCC2)CC1)N1CCC2(CC1)CCN(Cc1ccccc1)C2=O. The average molecular weight is 454 g/mol. The van der Waals surface area contributed by atoms with Crippen molar-refractivity contribution in [3.8, 4) is 0 Å².